The molecule has 0 atom stereocenters. The molecule has 8 heavy (non-hydrogen) atoms. The molecule has 0 unspecified atom stereocenters. The fourth-order valence-electron chi connectivity index (χ4n) is 1.17. The highest BCUT2D eigenvalue weighted by Crippen LogP contribution is 2.29. The maximum atomic E-state index is 4.18. The Morgan fingerprint density at radius 1 is 1.12 bits per heavy atom. The maximum Gasteiger partial charge on any atom is 0.0149 e. The Labute approximate surface area is 60.2 Å². The summed E-state index contributed by atoms with van der Waals surface area (Å²) in [6.45, 7) is 0. The molecule has 0 nitrogen and oxygen atoms in total. The van der Waals surface area contributed by atoms with E-state index in [4.69, 9.17) is 0 Å². The Morgan fingerprint density at radius 3 is 2.12 bits per heavy atom. The van der Waals surface area contributed by atoms with Crippen LogP contribution in [0.25, 0.3) is 0 Å². The molecule has 0 radical (unpaired) electrons. The highest BCUT2D eigenvalue weighted by molar-refractivity contribution is 8.68. The van der Waals surface area contributed by atoms with Gasteiger partial charge in [-0.15, -0.1) is 11.7 Å². The lowest BCUT2D eigenvalue weighted by molar-refractivity contribution is 0.517. The molecule has 1 saturated carbocycles. The van der Waals surface area contributed by atoms with E-state index in [1.807, 2.05) is 0 Å². The van der Waals surface area contributed by atoms with Gasteiger partial charge in [0.05, 0.1) is 0 Å². The molecule has 2 heteroatoms. The third-order valence-corrected chi connectivity index (χ3v) is 3.37. The van der Waals surface area contributed by atoms with Crippen LogP contribution in [0.2, 0.25) is 0 Å². The summed E-state index contributed by atoms with van der Waals surface area (Å²) in [6.07, 6.45) is 7.10. The Kier molecular flexibility index (Phi) is 3.13. The Balaban J connectivity index is 2.13. The summed E-state index contributed by atoms with van der Waals surface area (Å²) in [6, 6.07) is 0. The third-order valence-electron chi connectivity index (χ3n) is 1.70. The van der Waals surface area contributed by atoms with E-state index in [1.54, 1.807) is 10.8 Å². The van der Waals surface area contributed by atoms with Crippen molar-refractivity contribution in [1.82, 2.24) is 0 Å². The second kappa shape index (κ2) is 3.67. The van der Waals surface area contributed by atoms with Crippen molar-refractivity contribution in [3.63, 3.8) is 0 Å². The number of hydrogen-bond acceptors (Lipinski definition) is 2. The van der Waals surface area contributed by atoms with E-state index in [2.05, 4.69) is 11.7 Å². The summed E-state index contributed by atoms with van der Waals surface area (Å²) in [5.41, 5.74) is 0. The van der Waals surface area contributed by atoms with Crippen molar-refractivity contribution in [2.24, 2.45) is 0 Å². The molecule has 0 aromatic carbocycles. The van der Waals surface area contributed by atoms with Crippen molar-refractivity contribution in [2.45, 2.75) is 37.4 Å². The second-order valence-corrected chi connectivity index (χ2v) is 3.88. The summed E-state index contributed by atoms with van der Waals surface area (Å²) >= 11 is 4.18. The number of rotatable bonds is 1. The van der Waals surface area contributed by atoms with Crippen LogP contribution in [0.5, 0.6) is 0 Å². The fraction of sp³-hybridized carbons (Fsp3) is 1.00. The van der Waals surface area contributed by atoms with Gasteiger partial charge in [0.1, 0.15) is 0 Å². The average Bonchev–Trinajstić information content (AvgIpc) is 1.90. The van der Waals surface area contributed by atoms with Crippen molar-refractivity contribution in [3.05, 3.63) is 0 Å². The van der Waals surface area contributed by atoms with Gasteiger partial charge >= 0.3 is 0 Å². The zero-order valence-corrected chi connectivity index (χ0v) is 6.68. The molecule has 1 aliphatic rings. The number of hydrogen-bond donors (Lipinski definition) is 1. The minimum absolute atomic E-state index is 0.868. The maximum absolute atomic E-state index is 4.18. The smallest absolute Gasteiger partial charge is 0.0149 e. The molecule has 1 aliphatic carbocycles. The first-order chi connectivity index (χ1) is 3.93. The minimum atomic E-state index is 0.868. The van der Waals surface area contributed by atoms with Gasteiger partial charge in [0.25, 0.3) is 0 Å². The van der Waals surface area contributed by atoms with Crippen LogP contribution in [0, 0.1) is 0 Å². The van der Waals surface area contributed by atoms with E-state index < -0.39 is 0 Å². The van der Waals surface area contributed by atoms with Gasteiger partial charge in [0.15, 0.2) is 0 Å². The lowest BCUT2D eigenvalue weighted by Crippen LogP contribution is -2.05. The van der Waals surface area contributed by atoms with E-state index in [0.29, 0.717) is 0 Å². The highest BCUT2D eigenvalue weighted by atomic mass is 33.1. The van der Waals surface area contributed by atoms with Crippen LogP contribution >= 0.6 is 22.5 Å². The zero-order valence-electron chi connectivity index (χ0n) is 4.97. The fourth-order valence-corrected chi connectivity index (χ4v) is 2.35. The molecule has 0 aliphatic heterocycles. The number of thiol groups is 1. The van der Waals surface area contributed by atoms with Gasteiger partial charge < -0.3 is 0 Å². The van der Waals surface area contributed by atoms with Gasteiger partial charge in [-0.3, -0.25) is 0 Å². The van der Waals surface area contributed by atoms with Crippen LogP contribution < -0.4 is 0 Å². The van der Waals surface area contributed by atoms with Crippen LogP contribution in [0.15, 0.2) is 0 Å². The normalized spacial score (nSPS) is 23.6. The first-order valence-corrected chi connectivity index (χ1v) is 5.17. The van der Waals surface area contributed by atoms with Crippen LogP contribution in [0.4, 0.5) is 0 Å². The van der Waals surface area contributed by atoms with E-state index >= 15 is 0 Å². The molecule has 0 bridgehead atoms. The average molecular weight is 148 g/mol. The van der Waals surface area contributed by atoms with Gasteiger partial charge in [-0.25, -0.2) is 0 Å². The summed E-state index contributed by atoms with van der Waals surface area (Å²) in [5, 5.41) is 0.868. The van der Waals surface area contributed by atoms with Gasteiger partial charge in [-0.2, -0.15) is 0 Å². The van der Waals surface area contributed by atoms with Gasteiger partial charge in [-0.05, 0) is 12.8 Å². The van der Waals surface area contributed by atoms with Crippen molar-refractivity contribution < 1.29 is 0 Å². The minimum Gasteiger partial charge on any atom is -0.111 e. The van der Waals surface area contributed by atoms with E-state index in [0.717, 1.165) is 5.25 Å². The molecule has 0 aromatic rings. The first-order valence-electron chi connectivity index (χ1n) is 3.23. The highest BCUT2D eigenvalue weighted by Gasteiger charge is 2.10. The topological polar surface area (TPSA) is 0 Å². The predicted octanol–water partition coefficient (Wildman–Crippen LogP) is 2.90. The van der Waals surface area contributed by atoms with Gasteiger partial charge in [0.2, 0.25) is 0 Å². The van der Waals surface area contributed by atoms with Crippen molar-refractivity contribution in [3.8, 4) is 0 Å². The molecule has 1 rings (SSSR count). The third kappa shape index (κ3) is 1.90. The Hall–Kier alpha value is 0.700. The molecule has 0 saturated heterocycles. The van der Waals surface area contributed by atoms with Crippen molar-refractivity contribution in [1.29, 1.82) is 0 Å². The molecular weight excluding hydrogens is 136 g/mol. The van der Waals surface area contributed by atoms with Crippen LogP contribution in [-0.4, -0.2) is 5.25 Å². The summed E-state index contributed by atoms with van der Waals surface area (Å²) in [7, 11) is 1.74. The molecule has 0 amide bonds. The first kappa shape index (κ1) is 6.81. The Morgan fingerprint density at radius 2 is 1.75 bits per heavy atom. The monoisotopic (exact) mass is 148 g/mol. The SMILES string of the molecule is SSC1CCCCC1. The van der Waals surface area contributed by atoms with Crippen LogP contribution in [-0.2, 0) is 0 Å². The van der Waals surface area contributed by atoms with Gasteiger partial charge in [-0.1, -0.05) is 30.1 Å². The van der Waals surface area contributed by atoms with Crippen molar-refractivity contribution in [2.75, 3.05) is 0 Å². The molecule has 48 valence electrons. The second-order valence-electron chi connectivity index (χ2n) is 2.37. The lowest BCUT2D eigenvalue weighted by Gasteiger charge is -2.17. The molecule has 0 N–H and O–H groups in total. The molecule has 0 aromatic heterocycles. The standard InChI is InChI=1S/C6H12S2/c7-8-6-4-2-1-3-5-6/h6-7H,1-5H2. The summed E-state index contributed by atoms with van der Waals surface area (Å²) in [5.74, 6) is 0. The molecule has 0 spiro atoms. The van der Waals surface area contributed by atoms with Gasteiger partial charge in [0, 0.05) is 5.25 Å². The molecule has 0 heterocycles. The largest absolute Gasteiger partial charge is 0.111 e. The zero-order chi connectivity index (χ0) is 5.82. The van der Waals surface area contributed by atoms with Crippen molar-refractivity contribution >= 4 is 22.5 Å². The Bertz CT molecular complexity index is 57.5. The summed E-state index contributed by atoms with van der Waals surface area (Å²) in [4.78, 5) is 0. The van der Waals surface area contributed by atoms with Crippen LogP contribution in [0.3, 0.4) is 0 Å². The molecular formula is C6H12S2. The quantitative estimate of drug-likeness (QED) is 0.441. The lowest BCUT2D eigenvalue weighted by atomic mass is 10.0. The van der Waals surface area contributed by atoms with Crippen LogP contribution in [0.1, 0.15) is 32.1 Å². The van der Waals surface area contributed by atoms with E-state index in [9.17, 15) is 0 Å². The summed E-state index contributed by atoms with van der Waals surface area (Å²) < 4.78 is 0. The predicted molar refractivity (Wildman–Crippen MR) is 43.5 cm³/mol. The van der Waals surface area contributed by atoms with E-state index in [1.165, 1.54) is 32.1 Å². The van der Waals surface area contributed by atoms with E-state index in [-0.39, 0.29) is 0 Å². The molecule has 1 fully saturated rings.